The average Bonchev–Trinajstić information content (AvgIpc) is 3.79. The van der Waals surface area contributed by atoms with Gasteiger partial charge in [-0.1, -0.05) is 135 Å². The molecular formula is C59H62Cl5N5O4. The van der Waals surface area contributed by atoms with Crippen molar-refractivity contribution in [3.8, 4) is 0 Å². The molecule has 4 aromatic carbocycles. The number of hydrogen-bond donors (Lipinski definition) is 0. The predicted molar refractivity (Wildman–Crippen MR) is 292 cm³/mol. The third kappa shape index (κ3) is 12.9. The van der Waals surface area contributed by atoms with E-state index in [1.165, 1.54) is 67.8 Å². The molecule has 9 nitrogen and oxygen atoms in total. The van der Waals surface area contributed by atoms with Gasteiger partial charge in [-0.25, -0.2) is 18.6 Å². The van der Waals surface area contributed by atoms with Crippen LogP contribution < -0.4 is 28.4 Å². The van der Waals surface area contributed by atoms with Gasteiger partial charge in [-0.05, 0) is 112 Å². The number of nitrogens with zero attached hydrogens (tertiary/aromatic N) is 5. The third-order valence-corrected chi connectivity index (χ3v) is 14.8. The summed E-state index contributed by atoms with van der Waals surface area (Å²) in [5.74, 6) is 0. The summed E-state index contributed by atoms with van der Waals surface area (Å²) in [5.41, 5.74) is 14.6. The summed E-state index contributed by atoms with van der Waals surface area (Å²) in [4.78, 5) is 4.50. The minimum absolute atomic E-state index is 0.0872. The molecule has 0 N–H and O–H groups in total. The van der Waals surface area contributed by atoms with Crippen LogP contribution >= 0.6 is 46.4 Å². The second-order valence-corrected chi connectivity index (χ2v) is 22.4. The van der Waals surface area contributed by atoms with Crippen LogP contribution in [0.25, 0.3) is 0 Å². The van der Waals surface area contributed by atoms with E-state index in [9.17, 15) is 0 Å². The Morgan fingerprint density at radius 3 is 1.05 bits per heavy atom. The molecule has 0 fully saturated rings. The maximum atomic E-state index is 8.49. The minimum atomic E-state index is -4.94. The van der Waals surface area contributed by atoms with Crippen LogP contribution in [0, 0.1) is 22.1 Å². The highest BCUT2D eigenvalue weighted by atomic mass is 35.7. The fourth-order valence-electron chi connectivity index (χ4n) is 10.2. The molecule has 0 unspecified atom stereocenters. The van der Waals surface area contributed by atoms with Gasteiger partial charge in [-0.15, -0.1) is 10.2 Å². The van der Waals surface area contributed by atoms with E-state index in [0.29, 0.717) is 0 Å². The molecule has 0 aliphatic carbocycles. The summed E-state index contributed by atoms with van der Waals surface area (Å²) in [5, 5.41) is 9.37. The van der Waals surface area contributed by atoms with Crippen LogP contribution in [0.1, 0.15) is 77.6 Å². The summed E-state index contributed by atoms with van der Waals surface area (Å²) >= 11 is 25.0. The normalized spacial score (nSPS) is 19.0. The molecule has 4 aromatic rings. The average molecular weight is 1080 g/mol. The van der Waals surface area contributed by atoms with Crippen molar-refractivity contribution < 1.29 is 38.0 Å². The maximum Gasteiger partial charge on any atom is 0.209 e. The van der Waals surface area contributed by atoms with Gasteiger partial charge in [0.05, 0.1) is 10.8 Å². The largest absolute Gasteiger partial charge is 0.512 e. The molecule has 382 valence electrons. The Hall–Kier alpha value is -5.48. The molecule has 73 heavy (non-hydrogen) atoms. The highest BCUT2D eigenvalue weighted by Crippen LogP contribution is 2.49. The number of benzene rings is 4. The monoisotopic (exact) mass is 1080 g/mol. The molecule has 4 heterocycles. The first-order chi connectivity index (χ1) is 34.1. The van der Waals surface area contributed by atoms with E-state index in [2.05, 4.69) is 236 Å². The second-order valence-electron chi connectivity index (χ2n) is 19.9. The Labute approximate surface area is 454 Å². The third-order valence-electron chi connectivity index (χ3n) is 13.9. The van der Waals surface area contributed by atoms with Gasteiger partial charge < -0.3 is 21.6 Å². The van der Waals surface area contributed by atoms with Crippen molar-refractivity contribution in [1.29, 1.82) is 5.26 Å². The Balaban J connectivity index is 0.000000240. The number of fused-ring (bicyclic) bond motifs is 4. The smallest absolute Gasteiger partial charge is 0.209 e. The summed E-state index contributed by atoms with van der Waals surface area (Å²) in [6.45, 7) is 22.7. The standard InChI is InChI=1S/2C29H31Cl2N2.CN.ClHO4/c2*1-28(2)22-18-20(30)14-16-24(22)32(5)26(28)12-10-8-7-9-11-13-27-29(3,4)23-19-21(31)15-17-25(23)33(27)6;1-2;2-1(3,4)5/h2*7-19H,1-6H3;;(H,2,3,4,5)/q2*+1;-1;/p-1. The van der Waals surface area contributed by atoms with Crippen LogP contribution in [0.4, 0.5) is 22.7 Å². The van der Waals surface area contributed by atoms with E-state index < -0.39 is 10.2 Å². The van der Waals surface area contributed by atoms with E-state index in [0.717, 1.165) is 20.1 Å². The van der Waals surface area contributed by atoms with Crippen LogP contribution in [0.3, 0.4) is 0 Å². The number of halogens is 5. The lowest BCUT2D eigenvalue weighted by Gasteiger charge is -2.23. The van der Waals surface area contributed by atoms with Crippen LogP contribution in [0.2, 0.25) is 20.1 Å². The Morgan fingerprint density at radius 1 is 0.452 bits per heavy atom. The minimum Gasteiger partial charge on any atom is -0.512 e. The first-order valence-electron chi connectivity index (χ1n) is 23.3. The quantitative estimate of drug-likeness (QED) is 0.0976. The van der Waals surface area contributed by atoms with Crippen LogP contribution in [-0.2, 0) is 21.7 Å². The van der Waals surface area contributed by atoms with Crippen LogP contribution in [0.5, 0.6) is 0 Å². The van der Waals surface area contributed by atoms with Gasteiger partial charge in [0.15, 0.2) is 11.4 Å². The van der Waals surface area contributed by atoms with Crippen molar-refractivity contribution in [2.45, 2.75) is 77.0 Å². The number of rotatable bonds is 8. The van der Waals surface area contributed by atoms with Gasteiger partial charge in [0.25, 0.3) is 0 Å². The summed E-state index contributed by atoms with van der Waals surface area (Å²) < 4.78 is 38.5. The van der Waals surface area contributed by atoms with Crippen molar-refractivity contribution in [3.63, 3.8) is 0 Å². The van der Waals surface area contributed by atoms with Gasteiger partial charge in [0.1, 0.15) is 14.1 Å². The van der Waals surface area contributed by atoms with Crippen molar-refractivity contribution in [2.24, 2.45) is 0 Å². The highest BCUT2D eigenvalue weighted by molar-refractivity contribution is 6.31. The number of likely N-dealkylation sites (N-methyl/N-ethyl adjacent to an activating group) is 2. The van der Waals surface area contributed by atoms with E-state index >= 15 is 0 Å². The summed E-state index contributed by atoms with van der Waals surface area (Å²) in [6.07, 6.45) is 29.5. The first kappa shape index (κ1) is 58.4. The zero-order valence-corrected chi connectivity index (χ0v) is 47.0. The lowest BCUT2D eigenvalue weighted by Crippen LogP contribution is -2.68. The van der Waals surface area contributed by atoms with Crippen LogP contribution in [-0.4, -0.2) is 48.8 Å². The second kappa shape index (κ2) is 23.4. The molecule has 14 heteroatoms. The van der Waals surface area contributed by atoms with Gasteiger partial charge in [-0.2, -0.15) is 9.15 Å². The molecule has 0 bridgehead atoms. The molecule has 0 aromatic heterocycles. The summed E-state index contributed by atoms with van der Waals surface area (Å²) in [7, 11) is 3.51. The van der Waals surface area contributed by atoms with Gasteiger partial charge >= 0.3 is 0 Å². The molecule has 4 aliphatic heterocycles. The molecule has 8 rings (SSSR count). The van der Waals surface area contributed by atoms with Gasteiger partial charge in [0, 0.05) is 103 Å². The molecule has 0 atom stereocenters. The highest BCUT2D eigenvalue weighted by Gasteiger charge is 2.44. The topological polar surface area (TPSA) is 129 Å². The van der Waals surface area contributed by atoms with Gasteiger partial charge in [0.2, 0.25) is 11.4 Å². The molecule has 0 amide bonds. The van der Waals surface area contributed by atoms with E-state index in [1.807, 2.05) is 24.3 Å². The molecule has 0 radical (unpaired) electrons. The number of anilines is 2. The fourth-order valence-corrected chi connectivity index (χ4v) is 10.9. The Bertz CT molecular complexity index is 2880. The van der Waals surface area contributed by atoms with Gasteiger partial charge in [-0.3, -0.25) is 0 Å². The lowest BCUT2D eigenvalue weighted by atomic mass is 9.81. The first-order valence-corrected chi connectivity index (χ1v) is 26.0. The summed E-state index contributed by atoms with van der Waals surface area (Å²) in [6, 6.07) is 24.5. The Kier molecular flexibility index (Phi) is 18.7. The van der Waals surface area contributed by atoms with Crippen molar-refractivity contribution in [1.82, 2.24) is 0 Å². The van der Waals surface area contributed by atoms with Crippen molar-refractivity contribution in [3.05, 3.63) is 218 Å². The molecular weight excluding hydrogens is 1020 g/mol. The Morgan fingerprint density at radius 2 is 0.726 bits per heavy atom. The SMILES string of the molecule is CN1C(=CC=CC=CC=CC2=[N+](C)c3ccc(Cl)cc3C2(C)C)C(C)(C)c2cc(Cl)ccc21.CN1C(=CC=CC=CC=CC2=[N+](C)c3ccc(Cl)cc3C2(C)C)C(C)(C)c2cc(Cl)ccc21.[C-]#N.[O-][Cl+3]([O-])([O-])[O-]. The maximum absolute atomic E-state index is 8.49. The van der Waals surface area contributed by atoms with Crippen LogP contribution in [0.15, 0.2) is 169 Å². The van der Waals surface area contributed by atoms with E-state index in [1.54, 1.807) is 0 Å². The fraction of sp³-hybridized carbons (Fsp3) is 0.271. The molecule has 0 spiro atoms. The zero-order chi connectivity index (χ0) is 54.4. The molecule has 0 saturated heterocycles. The van der Waals surface area contributed by atoms with Crippen molar-refractivity contribution in [2.75, 3.05) is 38.0 Å². The number of hydrogen-bond acceptors (Lipinski definition) is 7. The van der Waals surface area contributed by atoms with E-state index in [4.69, 9.17) is 76.9 Å². The molecule has 4 aliphatic rings. The van der Waals surface area contributed by atoms with E-state index in [-0.39, 0.29) is 21.7 Å². The van der Waals surface area contributed by atoms with Crippen molar-refractivity contribution >= 4 is 80.6 Å². The predicted octanol–water partition coefficient (Wildman–Crippen LogP) is 11.3. The number of allylic oxidation sites excluding steroid dienone is 16. The molecule has 0 saturated carbocycles. The zero-order valence-electron chi connectivity index (χ0n) is 43.3. The lowest BCUT2D eigenvalue weighted by molar-refractivity contribution is -2.00.